The zero-order chi connectivity index (χ0) is 42.3. The van der Waals surface area contributed by atoms with Gasteiger partial charge >= 0.3 is 0 Å². The third-order valence-corrected chi connectivity index (χ3v) is 13.0. The summed E-state index contributed by atoms with van der Waals surface area (Å²) in [7, 11) is 0. The monoisotopic (exact) mass is 823 g/mol. The number of benzene rings is 3. The molecule has 0 radical (unpaired) electrons. The highest BCUT2D eigenvalue weighted by atomic mass is 16.5. The molecule has 1 fully saturated rings. The number of carbonyl (C=O) groups excluding carboxylic acids is 2. The summed E-state index contributed by atoms with van der Waals surface area (Å²) in [5.41, 5.74) is 9.21. The van der Waals surface area contributed by atoms with Crippen molar-refractivity contribution < 1.29 is 34.8 Å². The molecule has 10 nitrogen and oxygen atoms in total. The molecule has 61 heavy (non-hydrogen) atoms. The molecule has 1 aliphatic heterocycles. The third-order valence-electron chi connectivity index (χ3n) is 13.0. The number of hydrogen-bond donors (Lipinski definition) is 5. The van der Waals surface area contributed by atoms with Gasteiger partial charge in [-0.05, 0) is 135 Å². The van der Waals surface area contributed by atoms with Crippen LogP contribution in [0.2, 0.25) is 0 Å². The molecule has 3 aliphatic rings. The third kappa shape index (κ3) is 9.82. The number of aromatic hydroxyl groups is 2. The minimum atomic E-state index is -1.02. The van der Waals surface area contributed by atoms with Crippen LogP contribution in [0.3, 0.4) is 0 Å². The molecule has 5 aromatic rings. The Bertz CT molecular complexity index is 2350. The molecule has 5 N–H and O–H groups in total. The molecule has 4 bridgehead atoms. The Balaban J connectivity index is 1.17. The average molecular weight is 824 g/mol. The number of ketones is 2. The van der Waals surface area contributed by atoms with Crippen molar-refractivity contribution in [1.82, 2.24) is 9.97 Å². The van der Waals surface area contributed by atoms with Crippen molar-refractivity contribution in [1.29, 1.82) is 0 Å². The first-order chi connectivity index (χ1) is 29.8. The van der Waals surface area contributed by atoms with Crippen molar-refractivity contribution in [2.45, 2.75) is 102 Å². The molecule has 10 heteroatoms. The minimum Gasteiger partial charge on any atom is -0.664 e. The number of hydrogen-bond acceptors (Lipinski definition) is 7. The Morgan fingerprint density at radius 2 is 1.66 bits per heavy atom. The van der Waals surface area contributed by atoms with Crippen LogP contribution < -0.4 is 9.72 Å². The van der Waals surface area contributed by atoms with Gasteiger partial charge in [0.1, 0.15) is 11.5 Å². The Kier molecular flexibility index (Phi) is 13.4. The summed E-state index contributed by atoms with van der Waals surface area (Å²) < 4.78 is 6.43. The van der Waals surface area contributed by atoms with Crippen LogP contribution in [0.15, 0.2) is 84.7 Å². The number of rotatable bonds is 11. The van der Waals surface area contributed by atoms with Gasteiger partial charge in [0.2, 0.25) is 0 Å². The number of aromatic amines is 1. The van der Waals surface area contributed by atoms with Crippen molar-refractivity contribution in [3.05, 3.63) is 140 Å². The predicted octanol–water partition coefficient (Wildman–Crippen LogP) is 8.72. The molecular formula is C51H57N3O7-2. The number of phenolic OH excluding ortho intramolecular Hbond substituents is 2. The van der Waals surface area contributed by atoms with Gasteiger partial charge in [0.25, 0.3) is 0 Å². The molecule has 0 spiro atoms. The Hall–Kier alpha value is -5.58. The number of aromatic nitrogens is 2. The van der Waals surface area contributed by atoms with Gasteiger partial charge in [-0.25, -0.2) is 0 Å². The number of ether oxygens (including phenoxy) is 1. The zero-order valence-corrected chi connectivity index (χ0v) is 34.8. The van der Waals surface area contributed by atoms with E-state index in [4.69, 9.17) is 15.0 Å². The van der Waals surface area contributed by atoms with E-state index < -0.39 is 11.8 Å². The summed E-state index contributed by atoms with van der Waals surface area (Å²) in [5.74, 6) is -0.881. The minimum absolute atomic E-state index is 0.00967. The molecular weight excluding hydrogens is 767 g/mol. The SMILES string of the molecule is O=C1CCc2cc(c(O)c(OC3CCCC3)c2)Cc2ccc(CCO)c(c2)Cc2cc[nH]c2[N-]CC2=Cc3[n-]ccc3[C@@H](CCCCc3cccc(O)c3)[C@H]2C(=O)[C@H]1CCO. The van der Waals surface area contributed by atoms with Crippen LogP contribution in [0.5, 0.6) is 17.2 Å². The molecule has 3 heterocycles. The first-order valence-electron chi connectivity index (χ1n) is 22.1. The Morgan fingerprint density at radius 1 is 0.803 bits per heavy atom. The van der Waals surface area contributed by atoms with Gasteiger partial charge in [0.15, 0.2) is 17.3 Å². The first-order valence-corrected chi connectivity index (χ1v) is 22.1. The van der Waals surface area contributed by atoms with Gasteiger partial charge < -0.3 is 40.4 Å². The fraction of sp³-hybridized carbons (Fsp3) is 0.412. The van der Waals surface area contributed by atoms with Gasteiger partial charge in [0, 0.05) is 37.5 Å². The largest absolute Gasteiger partial charge is 0.664 e. The van der Waals surface area contributed by atoms with Crippen LogP contribution in [0.25, 0.3) is 11.4 Å². The lowest BCUT2D eigenvalue weighted by Crippen LogP contribution is -2.37. The van der Waals surface area contributed by atoms with E-state index >= 15 is 4.79 Å². The molecule has 3 atom stereocenters. The van der Waals surface area contributed by atoms with Gasteiger partial charge in [-0.1, -0.05) is 84.2 Å². The number of H-pyrrole nitrogens is 1. The topological polar surface area (TPSA) is 168 Å². The molecule has 8 rings (SSSR count). The van der Waals surface area contributed by atoms with E-state index in [1.54, 1.807) is 18.3 Å². The van der Waals surface area contributed by atoms with Crippen molar-refractivity contribution >= 4 is 23.5 Å². The van der Waals surface area contributed by atoms with E-state index in [1.807, 2.05) is 54.7 Å². The molecule has 0 unspecified atom stereocenters. The number of fused-ring (bicyclic) bond motifs is 7. The van der Waals surface area contributed by atoms with E-state index in [2.05, 4.69) is 17.1 Å². The highest BCUT2D eigenvalue weighted by Gasteiger charge is 2.40. The quantitative estimate of drug-likeness (QED) is 0.0651. The molecule has 2 aliphatic carbocycles. The summed E-state index contributed by atoms with van der Waals surface area (Å²) in [4.78, 5) is 37.6. The highest BCUT2D eigenvalue weighted by Crippen LogP contribution is 2.45. The van der Waals surface area contributed by atoms with Crippen LogP contribution in [-0.4, -0.2) is 62.8 Å². The summed E-state index contributed by atoms with van der Waals surface area (Å²) in [6.07, 6.45) is 14.7. The Morgan fingerprint density at radius 3 is 2.48 bits per heavy atom. The fourth-order valence-corrected chi connectivity index (χ4v) is 9.88. The number of nitrogens with zero attached hydrogens (tertiary/aromatic N) is 2. The maximum absolute atomic E-state index is 15.2. The van der Waals surface area contributed by atoms with Gasteiger partial charge in [-0.15, -0.1) is 5.69 Å². The van der Waals surface area contributed by atoms with Crippen molar-refractivity contribution in [2.75, 3.05) is 19.8 Å². The van der Waals surface area contributed by atoms with Crippen LogP contribution in [0, 0.1) is 11.8 Å². The highest BCUT2D eigenvalue weighted by molar-refractivity contribution is 6.05. The van der Waals surface area contributed by atoms with Crippen molar-refractivity contribution in [3.8, 4) is 17.2 Å². The fourth-order valence-electron chi connectivity index (χ4n) is 9.88. The van der Waals surface area contributed by atoms with Crippen LogP contribution >= 0.6 is 0 Å². The average Bonchev–Trinajstić information content (AvgIpc) is 4.05. The molecule has 0 saturated heterocycles. The maximum atomic E-state index is 15.2. The Labute approximate surface area is 358 Å². The number of aliphatic hydroxyl groups excluding tert-OH is 2. The van der Waals surface area contributed by atoms with Crippen molar-refractivity contribution in [2.24, 2.45) is 11.8 Å². The lowest BCUT2D eigenvalue weighted by molar-refractivity contribution is -0.135. The first kappa shape index (κ1) is 42.1. The number of phenols is 2. The van der Waals surface area contributed by atoms with Crippen LogP contribution in [-0.2, 0) is 41.7 Å². The predicted molar refractivity (Wildman–Crippen MR) is 236 cm³/mol. The molecule has 0 amide bonds. The number of carbonyl (C=O) groups is 2. The number of unbranched alkanes of at least 4 members (excludes halogenated alkanes) is 1. The number of Topliss-reactive ketones (excluding diaryl/α,β-unsaturated/α-hetero) is 2. The normalized spacial score (nSPS) is 19.8. The number of aryl methyl sites for hydroxylation is 2. The molecule has 1 saturated carbocycles. The lowest BCUT2D eigenvalue weighted by Gasteiger charge is -2.37. The summed E-state index contributed by atoms with van der Waals surface area (Å²) in [5, 5.41) is 47.2. The van der Waals surface area contributed by atoms with Gasteiger partial charge in [-0.3, -0.25) is 9.59 Å². The summed E-state index contributed by atoms with van der Waals surface area (Å²) >= 11 is 0. The summed E-state index contributed by atoms with van der Waals surface area (Å²) in [6.45, 7) is -0.0778. The lowest BCUT2D eigenvalue weighted by atomic mass is 9.69. The summed E-state index contributed by atoms with van der Waals surface area (Å²) in [6, 6.07) is 21.3. The van der Waals surface area contributed by atoms with E-state index in [-0.39, 0.29) is 67.7 Å². The van der Waals surface area contributed by atoms with E-state index in [9.17, 15) is 25.2 Å². The van der Waals surface area contributed by atoms with Gasteiger partial charge in [0.05, 0.1) is 12.0 Å². The zero-order valence-electron chi connectivity index (χ0n) is 34.8. The molecule has 3 aromatic carbocycles. The maximum Gasteiger partial charge on any atom is 0.161 e. The van der Waals surface area contributed by atoms with Crippen LogP contribution in [0.1, 0.15) is 114 Å². The van der Waals surface area contributed by atoms with Crippen LogP contribution in [0.4, 0.5) is 5.82 Å². The van der Waals surface area contributed by atoms with E-state index in [0.29, 0.717) is 49.2 Å². The van der Waals surface area contributed by atoms with Gasteiger partial charge in [-0.2, -0.15) is 6.20 Å². The van der Waals surface area contributed by atoms with E-state index in [0.717, 1.165) is 95.2 Å². The van der Waals surface area contributed by atoms with Crippen molar-refractivity contribution in [3.63, 3.8) is 0 Å². The number of nitrogens with one attached hydrogen (secondary N) is 1. The molecule has 320 valence electrons. The smallest absolute Gasteiger partial charge is 0.161 e. The second-order valence-corrected chi connectivity index (χ2v) is 17.2. The standard InChI is InChI=1S/C51H57N3O7/c55-22-18-35-14-12-33-24-37(35)29-36-16-20-53-51(36)54-31-39-30-45-42(17-21-52-45)43(11-4-1-6-32-7-5-8-40(57)27-32)48(39)50(60)44(19-23-56)46(58)15-13-34-26-38(25-33)49(59)47(28-34)61-41-9-2-3-10-41/h5,7-8,12,14,16-17,20-21,24,26-28,30,41,43-44,48,53,55-57,59H,1-4,6,9-11,13,15,18-19,22-23,25,29,31H2/q-2/t43-,44+,48+/m1/s1. The van der Waals surface area contributed by atoms with E-state index in [1.165, 1.54) is 0 Å². The second kappa shape index (κ2) is 19.4. The molecule has 2 aromatic heterocycles. The number of aliphatic hydroxyl groups is 2. The second-order valence-electron chi connectivity index (χ2n) is 17.2.